The van der Waals surface area contributed by atoms with Gasteiger partial charge in [-0.1, -0.05) is 12.1 Å². The van der Waals surface area contributed by atoms with Crippen molar-refractivity contribution in [1.82, 2.24) is 15.3 Å². The largest absolute Gasteiger partial charge is 0.481 e. The fourth-order valence-corrected chi connectivity index (χ4v) is 2.74. The van der Waals surface area contributed by atoms with Crippen LogP contribution in [0.5, 0.6) is 5.75 Å². The average Bonchev–Trinajstić information content (AvgIpc) is 2.66. The van der Waals surface area contributed by atoms with Crippen molar-refractivity contribution in [2.45, 2.75) is 6.54 Å². The number of H-pyrrole nitrogens is 1. The van der Waals surface area contributed by atoms with Crippen molar-refractivity contribution in [3.05, 3.63) is 64.0 Å². The predicted molar refractivity (Wildman–Crippen MR) is 94.1 cm³/mol. The molecule has 0 unspecified atom stereocenters. The van der Waals surface area contributed by atoms with Crippen molar-refractivity contribution in [1.29, 1.82) is 0 Å². The number of rotatable bonds is 3. The van der Waals surface area contributed by atoms with Crippen molar-refractivity contribution >= 4 is 28.4 Å². The van der Waals surface area contributed by atoms with E-state index in [9.17, 15) is 18.8 Å². The van der Waals surface area contributed by atoms with Crippen molar-refractivity contribution in [2.75, 3.05) is 11.9 Å². The quantitative estimate of drug-likeness (QED) is 0.645. The number of carbonyl (C=O) groups excluding carboxylic acids is 2. The van der Waals surface area contributed by atoms with Crippen LogP contribution in [0.2, 0.25) is 0 Å². The van der Waals surface area contributed by atoms with Gasteiger partial charge in [-0.05, 0) is 18.2 Å². The van der Waals surface area contributed by atoms with E-state index >= 15 is 0 Å². The van der Waals surface area contributed by atoms with E-state index in [0.29, 0.717) is 16.6 Å². The Bertz CT molecular complexity index is 1140. The van der Waals surface area contributed by atoms with Gasteiger partial charge >= 0.3 is 0 Å². The number of nitrogens with one attached hydrogen (secondary N) is 3. The first kappa shape index (κ1) is 16.7. The highest BCUT2D eigenvalue weighted by Gasteiger charge is 2.19. The molecule has 3 aromatic rings. The molecule has 2 heterocycles. The van der Waals surface area contributed by atoms with Gasteiger partial charge in [-0.15, -0.1) is 0 Å². The molecule has 0 saturated heterocycles. The molecule has 0 bridgehead atoms. The Labute approximate surface area is 151 Å². The lowest BCUT2D eigenvalue weighted by Crippen LogP contribution is -2.28. The second kappa shape index (κ2) is 6.52. The second-order valence-electron chi connectivity index (χ2n) is 5.89. The number of nitrogens with zero attached hydrogens (tertiary/aromatic N) is 1. The lowest BCUT2D eigenvalue weighted by molar-refractivity contribution is -0.118. The van der Waals surface area contributed by atoms with Crippen molar-refractivity contribution in [2.24, 2.45) is 0 Å². The van der Waals surface area contributed by atoms with Gasteiger partial charge in [0.1, 0.15) is 11.6 Å². The number of anilines is 1. The van der Waals surface area contributed by atoms with Gasteiger partial charge in [0.15, 0.2) is 12.4 Å². The molecule has 0 spiro atoms. The zero-order valence-electron chi connectivity index (χ0n) is 13.8. The molecule has 8 nitrogen and oxygen atoms in total. The third-order valence-corrected chi connectivity index (χ3v) is 4.05. The maximum absolute atomic E-state index is 14.2. The average molecular weight is 368 g/mol. The molecule has 0 atom stereocenters. The second-order valence-corrected chi connectivity index (χ2v) is 5.89. The lowest BCUT2D eigenvalue weighted by Gasteiger charge is -2.19. The summed E-state index contributed by atoms with van der Waals surface area (Å²) in [6.45, 7) is -0.339. The summed E-state index contributed by atoms with van der Waals surface area (Å²) in [5.74, 6) is -1.54. The van der Waals surface area contributed by atoms with Gasteiger partial charge in [-0.2, -0.15) is 0 Å². The number of halogens is 1. The number of ether oxygens (including phenoxy) is 1. The normalized spacial score (nSPS) is 12.9. The molecule has 3 N–H and O–H groups in total. The van der Waals surface area contributed by atoms with E-state index in [1.165, 1.54) is 6.07 Å². The fourth-order valence-electron chi connectivity index (χ4n) is 2.74. The van der Waals surface area contributed by atoms with E-state index in [2.05, 4.69) is 20.6 Å². The van der Waals surface area contributed by atoms with Gasteiger partial charge in [0.2, 0.25) is 0 Å². The Morgan fingerprint density at radius 2 is 2.07 bits per heavy atom. The highest BCUT2D eigenvalue weighted by molar-refractivity contribution is 5.95. The molecular formula is C18H13FN4O4. The van der Waals surface area contributed by atoms with E-state index in [0.717, 1.165) is 6.07 Å². The SMILES string of the molecule is O=C1COc2cc(F)c(CNC(=O)c3nc4ccccc4c(=O)[nH]3)cc2N1. The summed E-state index contributed by atoms with van der Waals surface area (Å²) in [5.41, 5.74) is 0.418. The minimum atomic E-state index is -0.657. The number of hydrogen-bond donors (Lipinski definition) is 3. The maximum atomic E-state index is 14.2. The summed E-state index contributed by atoms with van der Waals surface area (Å²) in [6.07, 6.45) is 0. The number of aromatic nitrogens is 2. The van der Waals surface area contributed by atoms with Gasteiger partial charge in [-0.3, -0.25) is 14.4 Å². The van der Waals surface area contributed by atoms with Crippen LogP contribution in [0.3, 0.4) is 0 Å². The number of benzene rings is 2. The lowest BCUT2D eigenvalue weighted by atomic mass is 10.1. The third kappa shape index (κ3) is 3.22. The molecule has 0 fully saturated rings. The van der Waals surface area contributed by atoms with Crippen LogP contribution in [0.25, 0.3) is 10.9 Å². The number of hydrogen-bond acceptors (Lipinski definition) is 5. The summed E-state index contributed by atoms with van der Waals surface area (Å²) in [7, 11) is 0. The van der Waals surface area contributed by atoms with E-state index in [1.54, 1.807) is 24.3 Å². The standard InChI is InChI=1S/C18H13FN4O4/c19-11-6-14-13(21-15(24)8-27-14)5-9(11)7-20-18(26)16-22-12-4-2-1-3-10(12)17(25)23-16/h1-6H,7-8H2,(H,20,26)(H,21,24)(H,22,23,25). The minimum absolute atomic E-state index is 0.149. The first-order valence-electron chi connectivity index (χ1n) is 8.03. The smallest absolute Gasteiger partial charge is 0.287 e. The molecule has 0 aliphatic carbocycles. The van der Waals surface area contributed by atoms with Crippen LogP contribution in [0.1, 0.15) is 16.2 Å². The molecule has 9 heteroatoms. The molecule has 4 rings (SSSR count). The van der Waals surface area contributed by atoms with Gasteiger partial charge in [0.05, 0.1) is 16.6 Å². The van der Waals surface area contributed by atoms with E-state index in [1.807, 2.05) is 0 Å². The molecule has 1 aliphatic rings. The van der Waals surface area contributed by atoms with Crippen LogP contribution >= 0.6 is 0 Å². The fraction of sp³-hybridized carbons (Fsp3) is 0.111. The monoisotopic (exact) mass is 368 g/mol. The molecule has 0 radical (unpaired) electrons. The first-order chi connectivity index (χ1) is 13.0. The zero-order chi connectivity index (χ0) is 19.0. The molecule has 27 heavy (non-hydrogen) atoms. The highest BCUT2D eigenvalue weighted by Crippen LogP contribution is 2.30. The summed E-state index contributed by atoms with van der Waals surface area (Å²) >= 11 is 0. The topological polar surface area (TPSA) is 113 Å². The first-order valence-corrected chi connectivity index (χ1v) is 8.03. The zero-order valence-corrected chi connectivity index (χ0v) is 13.8. The maximum Gasteiger partial charge on any atom is 0.287 e. The molecular weight excluding hydrogens is 355 g/mol. The van der Waals surface area contributed by atoms with Crippen molar-refractivity contribution in [3.8, 4) is 5.75 Å². The van der Waals surface area contributed by atoms with Crippen molar-refractivity contribution < 1.29 is 18.7 Å². The van der Waals surface area contributed by atoms with E-state index in [4.69, 9.17) is 4.74 Å². The molecule has 1 aromatic heterocycles. The van der Waals surface area contributed by atoms with Crippen LogP contribution in [-0.4, -0.2) is 28.4 Å². The van der Waals surface area contributed by atoms with Crippen LogP contribution in [-0.2, 0) is 11.3 Å². The van der Waals surface area contributed by atoms with Crippen molar-refractivity contribution in [3.63, 3.8) is 0 Å². The number of amides is 2. The van der Waals surface area contributed by atoms with Gasteiger partial charge in [0, 0.05) is 18.2 Å². The summed E-state index contributed by atoms with van der Waals surface area (Å²) in [5, 5.41) is 5.44. The number of fused-ring (bicyclic) bond motifs is 2. The number of carbonyl (C=O) groups is 2. The highest BCUT2D eigenvalue weighted by atomic mass is 19.1. The summed E-state index contributed by atoms with van der Waals surface area (Å²) in [6, 6.07) is 9.15. The molecule has 136 valence electrons. The van der Waals surface area contributed by atoms with Gasteiger partial charge in [0.25, 0.3) is 17.4 Å². The molecule has 2 aromatic carbocycles. The molecule has 1 aliphatic heterocycles. The number of aromatic amines is 1. The molecule has 0 saturated carbocycles. The summed E-state index contributed by atoms with van der Waals surface area (Å²) in [4.78, 5) is 42.2. The van der Waals surface area contributed by atoms with Gasteiger partial charge in [-0.25, -0.2) is 9.37 Å². The Hall–Kier alpha value is -3.75. The third-order valence-electron chi connectivity index (χ3n) is 4.05. The van der Waals surface area contributed by atoms with Crippen LogP contribution in [0.15, 0.2) is 41.2 Å². The summed E-state index contributed by atoms with van der Waals surface area (Å²) < 4.78 is 19.3. The Kier molecular flexibility index (Phi) is 4.03. The van der Waals surface area contributed by atoms with Crippen LogP contribution < -0.4 is 20.9 Å². The minimum Gasteiger partial charge on any atom is -0.481 e. The predicted octanol–water partition coefficient (Wildman–Crippen LogP) is 1.32. The number of para-hydroxylation sites is 1. The Morgan fingerprint density at radius 3 is 2.93 bits per heavy atom. The van der Waals surface area contributed by atoms with Crippen LogP contribution in [0, 0.1) is 5.82 Å². The van der Waals surface area contributed by atoms with Gasteiger partial charge < -0.3 is 20.4 Å². The van der Waals surface area contributed by atoms with E-state index < -0.39 is 17.3 Å². The van der Waals surface area contributed by atoms with E-state index in [-0.39, 0.29) is 36.2 Å². The Morgan fingerprint density at radius 1 is 1.26 bits per heavy atom. The molecule has 2 amide bonds. The van der Waals surface area contributed by atoms with Crippen LogP contribution in [0.4, 0.5) is 10.1 Å². The Balaban J connectivity index is 1.55.